The summed E-state index contributed by atoms with van der Waals surface area (Å²) in [4.78, 5) is 27.4. The van der Waals surface area contributed by atoms with E-state index in [1.165, 1.54) is 6.07 Å². The van der Waals surface area contributed by atoms with Crippen molar-refractivity contribution in [3.8, 4) is 0 Å². The summed E-state index contributed by atoms with van der Waals surface area (Å²) < 4.78 is 44.9. The largest absolute Gasteiger partial charge is 0.416 e. The van der Waals surface area contributed by atoms with Crippen LogP contribution in [0.15, 0.2) is 54.6 Å². The van der Waals surface area contributed by atoms with Crippen LogP contribution in [0.25, 0.3) is 0 Å². The molecule has 1 saturated heterocycles. The first-order chi connectivity index (χ1) is 18.6. The van der Waals surface area contributed by atoms with Crippen LogP contribution in [0.3, 0.4) is 0 Å². The molecule has 3 N–H and O–H groups in total. The van der Waals surface area contributed by atoms with Crippen LogP contribution in [0.5, 0.6) is 0 Å². The Bertz CT molecular complexity index is 1120. The number of hydrogen-bond donors (Lipinski definition) is 3. The fourth-order valence-corrected chi connectivity index (χ4v) is 5.52. The maximum absolute atomic E-state index is 13.0. The molecule has 2 aromatic carbocycles. The van der Waals surface area contributed by atoms with Crippen molar-refractivity contribution in [2.75, 3.05) is 26.2 Å². The van der Waals surface area contributed by atoms with Gasteiger partial charge in [0, 0.05) is 31.3 Å². The second-order valence-corrected chi connectivity index (χ2v) is 10.4. The van der Waals surface area contributed by atoms with Crippen LogP contribution in [0.2, 0.25) is 0 Å². The number of carbonyl (C=O) groups is 2. The van der Waals surface area contributed by atoms with E-state index in [2.05, 4.69) is 15.5 Å². The topological polar surface area (TPSA) is 90.9 Å². The zero-order valence-electron chi connectivity index (χ0n) is 22.0. The number of ether oxygens (including phenoxy) is 1. The standard InChI is InChI=1S/C29H36F3N3O4/c1-2-15-39-25-19-35(23-11-13-28(38,14-12-23)21-8-4-3-5-9-21)18-24(25)34-26(36)17-33-27(37)20-7-6-10-22(16-20)29(30,31)32/h3-10,16,23-25,38H,2,11-15,17-19H2,1H3,(H,33,37)(H,34,36)/t23?,24-,25-,28?/m0/s1. The van der Waals surface area contributed by atoms with Gasteiger partial charge in [-0.05, 0) is 55.9 Å². The van der Waals surface area contributed by atoms with Gasteiger partial charge in [-0.15, -0.1) is 0 Å². The van der Waals surface area contributed by atoms with E-state index < -0.39 is 29.2 Å². The van der Waals surface area contributed by atoms with Crippen LogP contribution < -0.4 is 10.6 Å². The highest BCUT2D eigenvalue weighted by Gasteiger charge is 2.42. The van der Waals surface area contributed by atoms with Gasteiger partial charge >= 0.3 is 6.18 Å². The Balaban J connectivity index is 1.31. The number of likely N-dealkylation sites (tertiary alicyclic amines) is 1. The van der Waals surface area contributed by atoms with Crippen molar-refractivity contribution in [3.05, 3.63) is 71.3 Å². The lowest BCUT2D eigenvalue weighted by Gasteiger charge is -2.40. The van der Waals surface area contributed by atoms with Gasteiger partial charge in [0.05, 0.1) is 29.9 Å². The molecule has 1 aliphatic heterocycles. The fourth-order valence-electron chi connectivity index (χ4n) is 5.52. The van der Waals surface area contributed by atoms with Gasteiger partial charge in [0.15, 0.2) is 0 Å². The summed E-state index contributed by atoms with van der Waals surface area (Å²) in [6.07, 6.45) is -1.01. The van der Waals surface area contributed by atoms with E-state index in [-0.39, 0.29) is 30.3 Å². The molecule has 39 heavy (non-hydrogen) atoms. The maximum Gasteiger partial charge on any atom is 0.416 e. The summed E-state index contributed by atoms with van der Waals surface area (Å²) in [6, 6.07) is 13.8. The minimum Gasteiger partial charge on any atom is -0.385 e. The summed E-state index contributed by atoms with van der Waals surface area (Å²) in [5.74, 6) is -1.19. The molecule has 7 nitrogen and oxygen atoms in total. The number of amides is 2. The molecule has 212 valence electrons. The van der Waals surface area contributed by atoms with Crippen molar-refractivity contribution in [2.24, 2.45) is 0 Å². The van der Waals surface area contributed by atoms with Crippen molar-refractivity contribution >= 4 is 11.8 Å². The van der Waals surface area contributed by atoms with E-state index in [1.807, 2.05) is 37.3 Å². The summed E-state index contributed by atoms with van der Waals surface area (Å²) in [7, 11) is 0. The van der Waals surface area contributed by atoms with E-state index in [9.17, 15) is 27.9 Å². The lowest BCUT2D eigenvalue weighted by molar-refractivity contribution is -0.137. The summed E-state index contributed by atoms with van der Waals surface area (Å²) in [5, 5.41) is 16.5. The average molecular weight is 548 g/mol. The molecular weight excluding hydrogens is 511 g/mol. The maximum atomic E-state index is 13.0. The Kier molecular flexibility index (Phi) is 9.30. The molecule has 10 heteroatoms. The van der Waals surface area contributed by atoms with Gasteiger partial charge in [-0.2, -0.15) is 13.2 Å². The Hall–Kier alpha value is -2.95. The van der Waals surface area contributed by atoms with Crippen LogP contribution in [0.1, 0.15) is 60.5 Å². The molecule has 2 atom stereocenters. The van der Waals surface area contributed by atoms with Crippen LogP contribution in [0.4, 0.5) is 13.2 Å². The number of rotatable bonds is 9. The van der Waals surface area contributed by atoms with Gasteiger partial charge in [0.2, 0.25) is 5.91 Å². The monoisotopic (exact) mass is 547 g/mol. The minimum absolute atomic E-state index is 0.165. The van der Waals surface area contributed by atoms with Gasteiger partial charge in [-0.1, -0.05) is 43.3 Å². The van der Waals surface area contributed by atoms with Crippen molar-refractivity contribution in [1.29, 1.82) is 0 Å². The Labute approximate surface area is 226 Å². The SMILES string of the molecule is CCCO[C@H]1CN(C2CCC(O)(c3ccccc3)CC2)C[C@@H]1NC(=O)CNC(=O)c1cccc(C(F)(F)F)c1. The quantitative estimate of drug-likeness (QED) is 0.444. The van der Waals surface area contributed by atoms with Gasteiger partial charge in [-0.3, -0.25) is 14.5 Å². The number of alkyl halides is 3. The number of nitrogens with zero attached hydrogens (tertiary/aromatic N) is 1. The zero-order chi connectivity index (χ0) is 28.0. The smallest absolute Gasteiger partial charge is 0.385 e. The van der Waals surface area contributed by atoms with E-state index in [4.69, 9.17) is 4.74 Å². The van der Waals surface area contributed by atoms with E-state index in [0.29, 0.717) is 32.5 Å². The Morgan fingerprint density at radius 3 is 2.46 bits per heavy atom. The first-order valence-corrected chi connectivity index (χ1v) is 13.5. The molecular formula is C29H36F3N3O4. The molecule has 2 aliphatic rings. The van der Waals surface area contributed by atoms with Gasteiger partial charge in [0.25, 0.3) is 5.91 Å². The molecule has 0 radical (unpaired) electrons. The lowest BCUT2D eigenvalue weighted by Crippen LogP contribution is -2.48. The lowest BCUT2D eigenvalue weighted by atomic mass is 9.77. The minimum atomic E-state index is -4.56. The molecule has 2 aromatic rings. The zero-order valence-corrected chi connectivity index (χ0v) is 22.0. The van der Waals surface area contributed by atoms with Crippen molar-refractivity contribution in [2.45, 2.75) is 69.0 Å². The molecule has 0 spiro atoms. The van der Waals surface area contributed by atoms with Gasteiger partial charge in [-0.25, -0.2) is 0 Å². The Morgan fingerprint density at radius 1 is 1.08 bits per heavy atom. The van der Waals surface area contributed by atoms with Crippen molar-refractivity contribution in [3.63, 3.8) is 0 Å². The predicted molar refractivity (Wildman–Crippen MR) is 140 cm³/mol. The first-order valence-electron chi connectivity index (χ1n) is 13.5. The van der Waals surface area contributed by atoms with E-state index in [1.54, 1.807) is 0 Å². The third kappa shape index (κ3) is 7.38. The highest BCUT2D eigenvalue weighted by Crippen LogP contribution is 2.39. The van der Waals surface area contributed by atoms with Crippen LogP contribution in [-0.4, -0.2) is 66.2 Å². The third-order valence-electron chi connectivity index (χ3n) is 7.65. The van der Waals surface area contributed by atoms with E-state index >= 15 is 0 Å². The molecule has 0 bridgehead atoms. The van der Waals surface area contributed by atoms with Crippen LogP contribution in [-0.2, 0) is 21.3 Å². The van der Waals surface area contributed by atoms with Crippen LogP contribution in [0, 0.1) is 0 Å². The second kappa shape index (κ2) is 12.5. The number of carbonyl (C=O) groups excluding carboxylic acids is 2. The molecule has 0 unspecified atom stereocenters. The number of halogens is 3. The highest BCUT2D eigenvalue weighted by atomic mass is 19.4. The average Bonchev–Trinajstić information content (AvgIpc) is 3.33. The van der Waals surface area contributed by atoms with Crippen molar-refractivity contribution < 1.29 is 32.6 Å². The summed E-state index contributed by atoms with van der Waals surface area (Å²) in [6.45, 7) is 3.43. The number of aliphatic hydroxyl groups is 1. The third-order valence-corrected chi connectivity index (χ3v) is 7.65. The molecule has 1 saturated carbocycles. The van der Waals surface area contributed by atoms with Crippen LogP contribution >= 0.6 is 0 Å². The summed E-state index contributed by atoms with van der Waals surface area (Å²) >= 11 is 0. The molecule has 1 aliphatic carbocycles. The number of hydrogen-bond acceptors (Lipinski definition) is 5. The van der Waals surface area contributed by atoms with Gasteiger partial charge in [0.1, 0.15) is 0 Å². The normalized spacial score (nSPS) is 25.8. The van der Waals surface area contributed by atoms with Gasteiger partial charge < -0.3 is 20.5 Å². The molecule has 1 heterocycles. The Morgan fingerprint density at radius 2 is 1.79 bits per heavy atom. The fraction of sp³-hybridized carbons (Fsp3) is 0.517. The predicted octanol–water partition coefficient (Wildman–Crippen LogP) is 3.86. The van der Waals surface area contributed by atoms with Crippen molar-refractivity contribution in [1.82, 2.24) is 15.5 Å². The summed E-state index contributed by atoms with van der Waals surface area (Å²) in [5.41, 5.74) is -0.986. The molecule has 2 amide bonds. The second-order valence-electron chi connectivity index (χ2n) is 10.4. The first kappa shape index (κ1) is 29.0. The van der Waals surface area contributed by atoms with E-state index in [0.717, 1.165) is 43.0 Å². The number of benzene rings is 2. The highest BCUT2D eigenvalue weighted by molar-refractivity contribution is 5.96. The molecule has 4 rings (SSSR count). The number of nitrogens with one attached hydrogen (secondary N) is 2. The molecule has 2 fully saturated rings. The molecule has 0 aromatic heterocycles.